The normalized spacial score (nSPS) is 15.4. The molecule has 0 bridgehead atoms. The first-order valence-electron chi connectivity index (χ1n) is 17.1. The minimum atomic E-state index is -0.221. The summed E-state index contributed by atoms with van der Waals surface area (Å²) in [6, 6.07) is 46.5. The van der Waals surface area contributed by atoms with Crippen LogP contribution in [0, 0.1) is 0 Å². The number of pyridine rings is 1. The Morgan fingerprint density at radius 2 is 1.22 bits per heavy atom. The number of para-hydroxylation sites is 1. The third kappa shape index (κ3) is 4.44. The van der Waals surface area contributed by atoms with E-state index in [1.54, 1.807) is 0 Å². The lowest BCUT2D eigenvalue weighted by Gasteiger charge is -2.41. The second kappa shape index (κ2) is 10.6. The second-order valence-electron chi connectivity index (χ2n) is 14.4. The molecule has 0 atom stereocenters. The molecule has 49 heavy (non-hydrogen) atoms. The summed E-state index contributed by atoms with van der Waals surface area (Å²) in [6.07, 6.45) is 3.98. The summed E-state index contributed by atoms with van der Waals surface area (Å²) in [5.74, 6) is 1.01. The van der Waals surface area contributed by atoms with E-state index in [0.717, 1.165) is 28.3 Å². The van der Waals surface area contributed by atoms with E-state index in [0.29, 0.717) is 0 Å². The predicted octanol–water partition coefficient (Wildman–Crippen LogP) is 11.6. The molecule has 1 aliphatic heterocycles. The number of benzene rings is 6. The molecule has 0 fully saturated rings. The fourth-order valence-electron chi connectivity index (χ4n) is 8.00. The third-order valence-electron chi connectivity index (χ3n) is 11.0. The van der Waals surface area contributed by atoms with Crippen LogP contribution in [0.15, 0.2) is 145 Å². The van der Waals surface area contributed by atoms with Gasteiger partial charge in [0.15, 0.2) is 0 Å². The average Bonchev–Trinajstić information content (AvgIpc) is 3.53. The van der Waals surface area contributed by atoms with E-state index < -0.39 is 0 Å². The van der Waals surface area contributed by atoms with Gasteiger partial charge in [-0.2, -0.15) is 0 Å². The first-order chi connectivity index (χ1) is 23.7. The molecule has 4 nitrogen and oxygen atoms in total. The minimum Gasteiger partial charge on any atom is -0.321 e. The van der Waals surface area contributed by atoms with Crippen molar-refractivity contribution in [2.45, 2.75) is 45.7 Å². The number of anilines is 1. The van der Waals surface area contributed by atoms with Gasteiger partial charge in [-0.1, -0.05) is 91.0 Å². The summed E-state index contributed by atoms with van der Waals surface area (Å²) in [5.41, 5.74) is 8.81. The van der Waals surface area contributed by atoms with Gasteiger partial charge in [0.25, 0.3) is 0 Å². The summed E-state index contributed by atoms with van der Waals surface area (Å²) >= 11 is 0. The highest BCUT2D eigenvalue weighted by Gasteiger charge is 2.48. The lowest BCUT2D eigenvalue weighted by Crippen LogP contribution is -2.53. The summed E-state index contributed by atoms with van der Waals surface area (Å²) < 4.78 is 2.44. The quantitative estimate of drug-likeness (QED) is 0.193. The molecule has 9 rings (SSSR count). The van der Waals surface area contributed by atoms with E-state index in [1.807, 2.05) is 12.4 Å². The SMILES string of the molecule is CC1=NC(C)(C)C(C)(C)N1c1cncc(-c2cc3c(c4ccccc24)c2ccc(-c4ccc5ccccc5c4)cc2n3-c2ccccc2)c1. The van der Waals surface area contributed by atoms with Crippen molar-refractivity contribution < 1.29 is 0 Å². The van der Waals surface area contributed by atoms with Gasteiger partial charge in [-0.3, -0.25) is 9.98 Å². The van der Waals surface area contributed by atoms with E-state index in [4.69, 9.17) is 9.98 Å². The second-order valence-corrected chi connectivity index (χ2v) is 14.4. The van der Waals surface area contributed by atoms with Crippen LogP contribution >= 0.6 is 0 Å². The fraction of sp³-hybridized carbons (Fsp3) is 0.156. The lowest BCUT2D eigenvalue weighted by atomic mass is 9.83. The molecule has 6 aromatic carbocycles. The van der Waals surface area contributed by atoms with Crippen molar-refractivity contribution in [1.29, 1.82) is 0 Å². The van der Waals surface area contributed by atoms with Gasteiger partial charge in [0.1, 0.15) is 5.84 Å². The van der Waals surface area contributed by atoms with Crippen LogP contribution in [0.3, 0.4) is 0 Å². The zero-order valence-electron chi connectivity index (χ0n) is 28.6. The van der Waals surface area contributed by atoms with Crippen LogP contribution in [0.1, 0.15) is 34.6 Å². The highest BCUT2D eigenvalue weighted by Crippen LogP contribution is 2.45. The molecular weight excluding hydrogens is 597 g/mol. The van der Waals surface area contributed by atoms with Crippen molar-refractivity contribution in [1.82, 2.24) is 9.55 Å². The standard InChI is InChI=1S/C45H38N4/c1-29-47-44(2,3)45(4,5)49(29)36-24-34(27-46-28-36)40-26-42-43(38-18-12-11-17-37(38)40)39-22-21-33(25-41(39)48(42)35-15-7-6-8-16-35)32-20-19-30-13-9-10-14-31(30)23-32/h6-28H,1-5H3. The molecule has 238 valence electrons. The Hall–Kier alpha value is -5.74. The maximum atomic E-state index is 5.05. The molecule has 0 amide bonds. The van der Waals surface area contributed by atoms with Crippen molar-refractivity contribution >= 4 is 54.9 Å². The molecule has 0 unspecified atom stereocenters. The van der Waals surface area contributed by atoms with Gasteiger partial charge in [-0.25, -0.2) is 0 Å². The summed E-state index contributed by atoms with van der Waals surface area (Å²) in [5, 5.41) is 7.45. The van der Waals surface area contributed by atoms with Gasteiger partial charge >= 0.3 is 0 Å². The minimum absolute atomic E-state index is 0.202. The first-order valence-corrected chi connectivity index (χ1v) is 17.1. The van der Waals surface area contributed by atoms with Gasteiger partial charge < -0.3 is 9.47 Å². The van der Waals surface area contributed by atoms with Gasteiger partial charge in [0.05, 0.1) is 34.0 Å². The number of aliphatic imine (C=N–C) groups is 1. The van der Waals surface area contributed by atoms with E-state index in [9.17, 15) is 0 Å². The van der Waals surface area contributed by atoms with Crippen LogP contribution < -0.4 is 4.90 Å². The molecule has 0 spiro atoms. The summed E-state index contributed by atoms with van der Waals surface area (Å²) in [7, 11) is 0. The topological polar surface area (TPSA) is 33.4 Å². The van der Waals surface area contributed by atoms with E-state index in [2.05, 4.69) is 171 Å². The first kappa shape index (κ1) is 29.4. The Morgan fingerprint density at radius 1 is 0.531 bits per heavy atom. The van der Waals surface area contributed by atoms with Gasteiger partial charge in [0.2, 0.25) is 0 Å². The number of amidine groups is 1. The zero-order valence-corrected chi connectivity index (χ0v) is 28.6. The van der Waals surface area contributed by atoms with Crippen LogP contribution in [-0.4, -0.2) is 26.5 Å². The number of rotatable bonds is 4. The summed E-state index contributed by atoms with van der Waals surface area (Å²) in [6.45, 7) is 11.1. The molecular formula is C45H38N4. The molecule has 1 aliphatic rings. The maximum absolute atomic E-state index is 5.05. The van der Waals surface area contributed by atoms with Crippen LogP contribution in [0.5, 0.6) is 0 Å². The van der Waals surface area contributed by atoms with Crippen LogP contribution in [-0.2, 0) is 0 Å². The molecule has 0 aliphatic carbocycles. The van der Waals surface area contributed by atoms with Crippen LogP contribution in [0.4, 0.5) is 5.69 Å². The molecule has 2 aromatic heterocycles. The fourth-order valence-corrected chi connectivity index (χ4v) is 8.00. The van der Waals surface area contributed by atoms with Crippen molar-refractivity contribution in [2.75, 3.05) is 4.90 Å². The molecule has 0 N–H and O–H groups in total. The molecule has 0 radical (unpaired) electrons. The Bertz CT molecular complexity index is 2620. The Labute approximate surface area is 287 Å². The molecule has 4 heteroatoms. The van der Waals surface area contributed by atoms with Crippen molar-refractivity contribution in [2.24, 2.45) is 4.99 Å². The molecule has 8 aromatic rings. The Kier molecular flexibility index (Phi) is 6.38. The zero-order chi connectivity index (χ0) is 33.5. The predicted molar refractivity (Wildman–Crippen MR) is 208 cm³/mol. The monoisotopic (exact) mass is 634 g/mol. The van der Waals surface area contributed by atoms with E-state index in [-0.39, 0.29) is 11.1 Å². The Morgan fingerprint density at radius 3 is 2.00 bits per heavy atom. The third-order valence-corrected chi connectivity index (χ3v) is 11.0. The highest BCUT2D eigenvalue weighted by molar-refractivity contribution is 6.24. The van der Waals surface area contributed by atoms with Gasteiger partial charge in [-0.15, -0.1) is 0 Å². The number of nitrogens with zero attached hydrogens (tertiary/aromatic N) is 4. The number of hydrogen-bond donors (Lipinski definition) is 0. The van der Waals surface area contributed by atoms with Gasteiger partial charge in [-0.05, 0) is 109 Å². The Balaban J connectivity index is 1.31. The lowest BCUT2D eigenvalue weighted by molar-refractivity contribution is 0.338. The largest absolute Gasteiger partial charge is 0.321 e. The van der Waals surface area contributed by atoms with Crippen molar-refractivity contribution in [3.63, 3.8) is 0 Å². The highest BCUT2D eigenvalue weighted by atomic mass is 15.3. The van der Waals surface area contributed by atoms with Crippen molar-refractivity contribution in [3.8, 4) is 27.9 Å². The average molecular weight is 635 g/mol. The summed E-state index contributed by atoms with van der Waals surface area (Å²) in [4.78, 5) is 12.2. The van der Waals surface area contributed by atoms with Crippen LogP contribution in [0.2, 0.25) is 0 Å². The van der Waals surface area contributed by atoms with Crippen molar-refractivity contribution in [3.05, 3.63) is 140 Å². The number of hydrogen-bond acceptors (Lipinski definition) is 3. The van der Waals surface area contributed by atoms with E-state index >= 15 is 0 Å². The smallest absolute Gasteiger partial charge is 0.102 e. The maximum Gasteiger partial charge on any atom is 0.102 e. The number of fused-ring (bicyclic) bond motifs is 6. The number of aromatic nitrogens is 2. The van der Waals surface area contributed by atoms with Gasteiger partial charge in [0, 0.05) is 28.2 Å². The van der Waals surface area contributed by atoms with E-state index in [1.165, 1.54) is 54.5 Å². The molecule has 3 heterocycles. The molecule has 0 saturated carbocycles. The van der Waals surface area contributed by atoms with Crippen LogP contribution in [0.25, 0.3) is 71.3 Å². The molecule has 0 saturated heterocycles.